The largest absolute Gasteiger partial charge is 0.370 e. The Morgan fingerprint density at radius 3 is 2.26 bits per heavy atom. The number of ether oxygens (including phenoxy) is 3. The summed E-state index contributed by atoms with van der Waals surface area (Å²) in [5.74, 6) is 0.711. The van der Waals surface area contributed by atoms with Crippen LogP contribution in [0.4, 0.5) is 5.95 Å². The molecule has 6 nitrogen and oxygen atoms in total. The van der Waals surface area contributed by atoms with Gasteiger partial charge in [-0.2, -0.15) is 0 Å². The van der Waals surface area contributed by atoms with E-state index in [2.05, 4.69) is 67.1 Å². The second kappa shape index (κ2) is 9.82. The Labute approximate surface area is 201 Å². The average molecular weight is 460 g/mol. The van der Waals surface area contributed by atoms with Gasteiger partial charge in [-0.1, -0.05) is 81.4 Å². The highest BCUT2D eigenvalue weighted by Gasteiger charge is 2.50. The summed E-state index contributed by atoms with van der Waals surface area (Å²) in [6, 6.07) is 22.7. The van der Waals surface area contributed by atoms with Crippen LogP contribution in [0.25, 0.3) is 0 Å². The molecule has 3 heterocycles. The molecular formula is C28H33N3O3. The molecule has 0 bridgehead atoms. The van der Waals surface area contributed by atoms with E-state index in [4.69, 9.17) is 19.2 Å². The predicted octanol–water partition coefficient (Wildman–Crippen LogP) is 4.53. The lowest BCUT2D eigenvalue weighted by molar-refractivity contribution is -0.0390. The first-order valence-corrected chi connectivity index (χ1v) is 12.0. The topological polar surface area (TPSA) is 56.7 Å². The van der Waals surface area contributed by atoms with Crippen molar-refractivity contribution in [3.05, 3.63) is 89.7 Å². The van der Waals surface area contributed by atoms with Gasteiger partial charge in [-0.3, -0.25) is 0 Å². The van der Waals surface area contributed by atoms with Crippen LogP contribution in [0.1, 0.15) is 37.6 Å². The average Bonchev–Trinajstić information content (AvgIpc) is 3.45. The molecule has 2 fully saturated rings. The van der Waals surface area contributed by atoms with Crippen LogP contribution in [0.15, 0.2) is 72.9 Å². The van der Waals surface area contributed by atoms with Crippen LogP contribution < -0.4 is 4.90 Å². The summed E-state index contributed by atoms with van der Waals surface area (Å²) in [6.45, 7) is 8.83. The first kappa shape index (κ1) is 23.0. The SMILES string of the molecule is CC(C)(C)c1ccnc(N(Cc2ccccc2)[C@@H]2CO[C@@H]3[C@@H]2OC[C@H]3OCc2ccccc2)n1. The summed E-state index contributed by atoms with van der Waals surface area (Å²) in [5, 5.41) is 0. The maximum atomic E-state index is 6.28. The van der Waals surface area contributed by atoms with E-state index >= 15 is 0 Å². The number of hydrogen-bond acceptors (Lipinski definition) is 6. The Balaban J connectivity index is 1.37. The van der Waals surface area contributed by atoms with Crippen molar-refractivity contribution >= 4 is 5.95 Å². The van der Waals surface area contributed by atoms with Crippen LogP contribution in [0.2, 0.25) is 0 Å². The van der Waals surface area contributed by atoms with Crippen molar-refractivity contribution in [3.8, 4) is 0 Å². The minimum absolute atomic E-state index is 0.00532. The van der Waals surface area contributed by atoms with Crippen molar-refractivity contribution in [1.82, 2.24) is 9.97 Å². The second-order valence-electron chi connectivity index (χ2n) is 10.1. The number of nitrogens with zero attached hydrogens (tertiary/aromatic N) is 3. The zero-order chi connectivity index (χ0) is 23.5. The van der Waals surface area contributed by atoms with E-state index in [0.717, 1.165) is 11.3 Å². The normalized spacial score (nSPS) is 24.2. The van der Waals surface area contributed by atoms with E-state index in [0.29, 0.717) is 32.3 Å². The van der Waals surface area contributed by atoms with Gasteiger partial charge in [0.2, 0.25) is 5.95 Å². The van der Waals surface area contributed by atoms with Crippen molar-refractivity contribution in [2.24, 2.45) is 0 Å². The second-order valence-corrected chi connectivity index (χ2v) is 10.1. The van der Waals surface area contributed by atoms with Gasteiger partial charge in [0.25, 0.3) is 0 Å². The molecule has 0 amide bonds. The van der Waals surface area contributed by atoms with E-state index in [1.165, 1.54) is 5.56 Å². The number of aromatic nitrogens is 2. The molecule has 2 aliphatic heterocycles. The lowest BCUT2D eigenvalue weighted by Gasteiger charge is -2.32. The van der Waals surface area contributed by atoms with Crippen LogP contribution >= 0.6 is 0 Å². The molecule has 0 aliphatic carbocycles. The predicted molar refractivity (Wildman–Crippen MR) is 132 cm³/mol. The summed E-state index contributed by atoms with van der Waals surface area (Å²) >= 11 is 0. The van der Waals surface area contributed by atoms with Gasteiger partial charge in [0, 0.05) is 18.2 Å². The maximum Gasteiger partial charge on any atom is 0.226 e. The molecule has 3 aromatic rings. The van der Waals surface area contributed by atoms with E-state index in [1.807, 2.05) is 36.5 Å². The Kier molecular flexibility index (Phi) is 6.63. The quantitative estimate of drug-likeness (QED) is 0.517. The number of hydrogen-bond donors (Lipinski definition) is 0. The third kappa shape index (κ3) is 4.99. The molecular weight excluding hydrogens is 426 g/mol. The van der Waals surface area contributed by atoms with Crippen molar-refractivity contribution in [1.29, 1.82) is 0 Å². The van der Waals surface area contributed by atoms with Gasteiger partial charge in [0.05, 0.1) is 31.6 Å². The third-order valence-corrected chi connectivity index (χ3v) is 6.55. The summed E-state index contributed by atoms with van der Waals surface area (Å²) in [5.41, 5.74) is 3.30. The number of benzene rings is 2. The summed E-state index contributed by atoms with van der Waals surface area (Å²) in [7, 11) is 0. The van der Waals surface area contributed by atoms with E-state index in [1.54, 1.807) is 0 Å². The fourth-order valence-electron chi connectivity index (χ4n) is 4.65. The molecule has 2 saturated heterocycles. The lowest BCUT2D eigenvalue weighted by atomic mass is 9.92. The summed E-state index contributed by atoms with van der Waals surface area (Å²) < 4.78 is 18.8. The molecule has 0 spiro atoms. The Bertz CT molecular complexity index is 1070. The highest BCUT2D eigenvalue weighted by atomic mass is 16.6. The minimum Gasteiger partial charge on any atom is -0.370 e. The molecule has 0 radical (unpaired) electrons. The zero-order valence-electron chi connectivity index (χ0n) is 20.1. The Hall–Kier alpha value is -2.80. The molecule has 0 unspecified atom stereocenters. The fourth-order valence-corrected chi connectivity index (χ4v) is 4.65. The van der Waals surface area contributed by atoms with E-state index in [-0.39, 0.29) is 29.8 Å². The van der Waals surface area contributed by atoms with Crippen molar-refractivity contribution in [3.63, 3.8) is 0 Å². The van der Waals surface area contributed by atoms with Gasteiger partial charge in [-0.25, -0.2) is 9.97 Å². The molecule has 178 valence electrons. The number of rotatable bonds is 7. The van der Waals surface area contributed by atoms with Gasteiger partial charge in [-0.15, -0.1) is 0 Å². The van der Waals surface area contributed by atoms with Crippen molar-refractivity contribution in [2.45, 2.75) is 63.7 Å². The van der Waals surface area contributed by atoms with Crippen molar-refractivity contribution < 1.29 is 14.2 Å². The summed E-state index contributed by atoms with van der Waals surface area (Å²) in [4.78, 5) is 11.9. The molecule has 5 rings (SSSR count). The van der Waals surface area contributed by atoms with Crippen LogP contribution in [0.3, 0.4) is 0 Å². The van der Waals surface area contributed by atoms with Gasteiger partial charge in [0.15, 0.2) is 0 Å². The highest BCUT2D eigenvalue weighted by Crippen LogP contribution is 2.34. The number of anilines is 1. The third-order valence-electron chi connectivity index (χ3n) is 6.55. The lowest BCUT2D eigenvalue weighted by Crippen LogP contribution is -2.45. The first-order chi connectivity index (χ1) is 16.5. The van der Waals surface area contributed by atoms with Gasteiger partial charge < -0.3 is 19.1 Å². The smallest absolute Gasteiger partial charge is 0.226 e. The molecule has 1 aromatic heterocycles. The van der Waals surface area contributed by atoms with Crippen LogP contribution in [0.5, 0.6) is 0 Å². The zero-order valence-corrected chi connectivity index (χ0v) is 20.1. The van der Waals surface area contributed by atoms with E-state index < -0.39 is 0 Å². The monoisotopic (exact) mass is 459 g/mol. The van der Waals surface area contributed by atoms with Gasteiger partial charge in [0.1, 0.15) is 18.3 Å². The molecule has 4 atom stereocenters. The Morgan fingerprint density at radius 2 is 1.56 bits per heavy atom. The molecule has 34 heavy (non-hydrogen) atoms. The molecule has 0 saturated carbocycles. The van der Waals surface area contributed by atoms with Crippen LogP contribution in [-0.4, -0.2) is 47.5 Å². The minimum atomic E-state index is -0.0993. The highest BCUT2D eigenvalue weighted by molar-refractivity contribution is 5.37. The molecule has 2 aliphatic rings. The molecule has 2 aromatic carbocycles. The van der Waals surface area contributed by atoms with Crippen LogP contribution in [-0.2, 0) is 32.8 Å². The number of fused-ring (bicyclic) bond motifs is 1. The molecule has 6 heteroatoms. The van der Waals surface area contributed by atoms with Crippen LogP contribution in [0, 0.1) is 0 Å². The summed E-state index contributed by atoms with van der Waals surface area (Å²) in [6.07, 6.45) is 1.58. The van der Waals surface area contributed by atoms with Crippen molar-refractivity contribution in [2.75, 3.05) is 18.1 Å². The van der Waals surface area contributed by atoms with Gasteiger partial charge >= 0.3 is 0 Å². The maximum absolute atomic E-state index is 6.28. The Morgan fingerprint density at radius 1 is 0.882 bits per heavy atom. The van der Waals surface area contributed by atoms with Gasteiger partial charge in [-0.05, 0) is 17.2 Å². The van der Waals surface area contributed by atoms with E-state index in [9.17, 15) is 0 Å². The molecule has 0 N–H and O–H groups in total. The first-order valence-electron chi connectivity index (χ1n) is 12.0. The fraction of sp³-hybridized carbons (Fsp3) is 0.429. The standard InChI is InChI=1S/C28H33N3O3/c1-28(2,3)24-14-15-29-27(30-24)31(16-20-10-6-4-7-11-20)22-18-33-26-23(19-34-25(22)26)32-17-21-12-8-5-9-13-21/h4-15,22-23,25-26H,16-19H2,1-3H3/t22-,23-,25-,26+/m1/s1.